The molecule has 0 saturated heterocycles. The van der Waals surface area contributed by atoms with Crippen LogP contribution in [0.1, 0.15) is 25.8 Å². The molecule has 0 spiro atoms. The summed E-state index contributed by atoms with van der Waals surface area (Å²) in [5, 5.41) is 2.63. The zero-order valence-corrected chi connectivity index (χ0v) is 11.0. The molecule has 1 unspecified atom stereocenters. The van der Waals surface area contributed by atoms with E-state index in [1.807, 2.05) is 0 Å². The van der Waals surface area contributed by atoms with Gasteiger partial charge in [0.15, 0.2) is 0 Å². The molecule has 0 saturated carbocycles. The Bertz CT molecular complexity index is 644. The van der Waals surface area contributed by atoms with Gasteiger partial charge in [-0.15, -0.1) is 0 Å². The van der Waals surface area contributed by atoms with Gasteiger partial charge >= 0.3 is 0 Å². The quantitative estimate of drug-likeness (QED) is 0.635. The summed E-state index contributed by atoms with van der Waals surface area (Å²) in [6.07, 6.45) is 5.78. The van der Waals surface area contributed by atoms with E-state index in [4.69, 9.17) is 0 Å². The maximum Gasteiger partial charge on any atom is -0.0178 e. The summed E-state index contributed by atoms with van der Waals surface area (Å²) < 4.78 is 0. The molecular weight excluding hydrogens is 216 g/mol. The van der Waals surface area contributed by atoms with Crippen LogP contribution in [0.15, 0.2) is 60.2 Å². The minimum atomic E-state index is 0.675. The highest BCUT2D eigenvalue weighted by molar-refractivity contribution is 5.88. The van der Waals surface area contributed by atoms with Crippen LogP contribution in [0.25, 0.3) is 16.3 Å². The lowest BCUT2D eigenvalue weighted by Crippen LogP contribution is -1.99. The Kier molecular flexibility index (Phi) is 2.79. The third-order valence-electron chi connectivity index (χ3n) is 3.74. The molecule has 1 aliphatic carbocycles. The third-order valence-corrected chi connectivity index (χ3v) is 3.74. The zero-order valence-electron chi connectivity index (χ0n) is 11.0. The van der Waals surface area contributed by atoms with Crippen molar-refractivity contribution in [3.63, 3.8) is 0 Å². The Hall–Kier alpha value is -1.82. The standard InChI is InChI=1S/C18H18/c1-13-7-10-18(14(2)11-13)17-9-8-15-5-3-4-6-16(15)12-17/h3-10,12-13H,11H2,1-2H3. The van der Waals surface area contributed by atoms with Crippen molar-refractivity contribution in [2.24, 2.45) is 5.92 Å². The van der Waals surface area contributed by atoms with E-state index in [1.165, 1.54) is 33.9 Å². The molecule has 0 nitrogen and oxygen atoms in total. The second-order valence-corrected chi connectivity index (χ2v) is 5.30. The highest BCUT2D eigenvalue weighted by atomic mass is 14.2. The summed E-state index contributed by atoms with van der Waals surface area (Å²) in [6, 6.07) is 15.3. The van der Waals surface area contributed by atoms with E-state index in [9.17, 15) is 0 Å². The van der Waals surface area contributed by atoms with Gasteiger partial charge in [-0.05, 0) is 47.2 Å². The summed E-state index contributed by atoms with van der Waals surface area (Å²) in [7, 11) is 0. The van der Waals surface area contributed by atoms with E-state index in [0.29, 0.717) is 5.92 Å². The number of hydrogen-bond donors (Lipinski definition) is 0. The largest absolute Gasteiger partial charge is 0.0808 e. The monoisotopic (exact) mass is 234 g/mol. The molecule has 0 aromatic heterocycles. The van der Waals surface area contributed by atoms with Gasteiger partial charge in [0, 0.05) is 0 Å². The van der Waals surface area contributed by atoms with Crippen molar-refractivity contribution in [1.82, 2.24) is 0 Å². The molecule has 0 radical (unpaired) electrons. The molecule has 2 aromatic carbocycles. The molecule has 0 fully saturated rings. The average Bonchev–Trinajstić information content (AvgIpc) is 2.38. The molecule has 0 heteroatoms. The number of benzene rings is 2. The molecule has 0 heterocycles. The van der Waals surface area contributed by atoms with Gasteiger partial charge < -0.3 is 0 Å². The number of rotatable bonds is 1. The van der Waals surface area contributed by atoms with Crippen LogP contribution in [-0.2, 0) is 0 Å². The normalized spacial score (nSPS) is 19.6. The second-order valence-electron chi connectivity index (χ2n) is 5.30. The van der Waals surface area contributed by atoms with E-state index < -0.39 is 0 Å². The van der Waals surface area contributed by atoms with Gasteiger partial charge in [0.25, 0.3) is 0 Å². The lowest BCUT2D eigenvalue weighted by Gasteiger charge is -2.17. The van der Waals surface area contributed by atoms with Crippen LogP contribution in [0.2, 0.25) is 0 Å². The minimum Gasteiger partial charge on any atom is -0.0808 e. The molecule has 3 rings (SSSR count). The van der Waals surface area contributed by atoms with E-state index in [0.717, 1.165) is 0 Å². The van der Waals surface area contributed by atoms with Gasteiger partial charge in [0.1, 0.15) is 0 Å². The van der Waals surface area contributed by atoms with Crippen molar-refractivity contribution in [3.8, 4) is 0 Å². The van der Waals surface area contributed by atoms with E-state index >= 15 is 0 Å². The lowest BCUT2D eigenvalue weighted by atomic mass is 9.88. The molecule has 18 heavy (non-hydrogen) atoms. The Balaban J connectivity index is 2.10. The van der Waals surface area contributed by atoms with Crippen molar-refractivity contribution in [3.05, 3.63) is 65.8 Å². The Morgan fingerprint density at radius 2 is 1.78 bits per heavy atom. The topological polar surface area (TPSA) is 0 Å². The average molecular weight is 234 g/mol. The Morgan fingerprint density at radius 1 is 1.00 bits per heavy atom. The second kappa shape index (κ2) is 4.45. The van der Waals surface area contributed by atoms with E-state index in [2.05, 4.69) is 68.5 Å². The van der Waals surface area contributed by atoms with Gasteiger partial charge in [-0.3, -0.25) is 0 Å². The van der Waals surface area contributed by atoms with Crippen molar-refractivity contribution in [2.75, 3.05) is 0 Å². The van der Waals surface area contributed by atoms with Crippen molar-refractivity contribution >= 4 is 16.3 Å². The highest BCUT2D eigenvalue weighted by Gasteiger charge is 2.11. The van der Waals surface area contributed by atoms with Gasteiger partial charge in [0.05, 0.1) is 0 Å². The van der Waals surface area contributed by atoms with Gasteiger partial charge in [0.2, 0.25) is 0 Å². The number of allylic oxidation sites excluding steroid dienone is 4. The first kappa shape index (κ1) is 11.3. The fourth-order valence-corrected chi connectivity index (χ4v) is 2.76. The van der Waals surface area contributed by atoms with Crippen molar-refractivity contribution in [1.29, 1.82) is 0 Å². The first-order valence-electron chi connectivity index (χ1n) is 6.61. The predicted molar refractivity (Wildman–Crippen MR) is 79.5 cm³/mol. The van der Waals surface area contributed by atoms with Crippen LogP contribution in [0, 0.1) is 5.92 Å². The van der Waals surface area contributed by atoms with Crippen LogP contribution >= 0.6 is 0 Å². The smallest absolute Gasteiger partial charge is 0.0178 e. The molecule has 90 valence electrons. The lowest BCUT2D eigenvalue weighted by molar-refractivity contribution is 0.710. The summed E-state index contributed by atoms with van der Waals surface area (Å²) in [6.45, 7) is 4.53. The maximum absolute atomic E-state index is 2.32. The minimum absolute atomic E-state index is 0.675. The van der Waals surface area contributed by atoms with Gasteiger partial charge in [-0.1, -0.05) is 61.0 Å². The summed E-state index contributed by atoms with van der Waals surface area (Å²) in [4.78, 5) is 0. The van der Waals surface area contributed by atoms with Crippen LogP contribution < -0.4 is 0 Å². The Labute approximate surface area is 109 Å². The van der Waals surface area contributed by atoms with Crippen molar-refractivity contribution < 1.29 is 0 Å². The first-order valence-corrected chi connectivity index (χ1v) is 6.61. The SMILES string of the molecule is CC1=C(c2ccc3ccccc3c2)C=CC(C)C1. The molecule has 1 atom stereocenters. The molecule has 0 bridgehead atoms. The predicted octanol–water partition coefficient (Wildman–Crippen LogP) is 5.21. The van der Waals surface area contributed by atoms with E-state index in [-0.39, 0.29) is 0 Å². The molecule has 0 aliphatic heterocycles. The molecular formula is C18H18. The summed E-state index contributed by atoms with van der Waals surface area (Å²) in [5.41, 5.74) is 4.24. The zero-order chi connectivity index (χ0) is 12.5. The Morgan fingerprint density at radius 3 is 2.56 bits per heavy atom. The summed E-state index contributed by atoms with van der Waals surface area (Å²) >= 11 is 0. The molecule has 0 amide bonds. The van der Waals surface area contributed by atoms with Crippen molar-refractivity contribution in [2.45, 2.75) is 20.3 Å². The first-order chi connectivity index (χ1) is 8.74. The van der Waals surface area contributed by atoms with Crippen LogP contribution in [0.4, 0.5) is 0 Å². The van der Waals surface area contributed by atoms with E-state index in [1.54, 1.807) is 0 Å². The highest BCUT2D eigenvalue weighted by Crippen LogP contribution is 2.31. The molecule has 0 N–H and O–H groups in total. The summed E-state index contributed by atoms with van der Waals surface area (Å²) in [5.74, 6) is 0.675. The van der Waals surface area contributed by atoms with Crippen LogP contribution in [0.5, 0.6) is 0 Å². The van der Waals surface area contributed by atoms with Gasteiger partial charge in [-0.2, -0.15) is 0 Å². The molecule has 1 aliphatic rings. The molecule has 2 aromatic rings. The number of fused-ring (bicyclic) bond motifs is 1. The fraction of sp³-hybridized carbons (Fsp3) is 0.222. The van der Waals surface area contributed by atoms with Crippen LogP contribution in [0.3, 0.4) is 0 Å². The maximum atomic E-state index is 2.32. The fourth-order valence-electron chi connectivity index (χ4n) is 2.76. The van der Waals surface area contributed by atoms with Crippen LogP contribution in [-0.4, -0.2) is 0 Å². The third kappa shape index (κ3) is 1.99. The number of hydrogen-bond acceptors (Lipinski definition) is 0. The van der Waals surface area contributed by atoms with Gasteiger partial charge in [-0.25, -0.2) is 0 Å².